The first-order chi connectivity index (χ1) is 13.4. The topological polar surface area (TPSA) is 47.3 Å². The second kappa shape index (κ2) is 7.10. The molecule has 0 amide bonds. The summed E-state index contributed by atoms with van der Waals surface area (Å²) in [5.74, 6) is -0.105. The van der Waals surface area contributed by atoms with Gasteiger partial charge in [0.2, 0.25) is 11.2 Å². The molecule has 0 aliphatic heterocycles. The Hall–Kier alpha value is -3.17. The molecule has 0 atom stereocenters. The van der Waals surface area contributed by atoms with Crippen LogP contribution in [0.4, 0.5) is 0 Å². The minimum absolute atomic E-state index is 0.0301. The zero-order chi connectivity index (χ0) is 19.8. The van der Waals surface area contributed by atoms with Crippen molar-refractivity contribution in [2.45, 2.75) is 13.8 Å². The average Bonchev–Trinajstić information content (AvgIpc) is 2.68. The Kier molecular flexibility index (Phi) is 4.62. The van der Waals surface area contributed by atoms with Crippen LogP contribution in [0.1, 0.15) is 27.0 Å². The van der Waals surface area contributed by atoms with Crippen molar-refractivity contribution in [3.8, 4) is 11.3 Å². The van der Waals surface area contributed by atoms with E-state index in [0.717, 1.165) is 11.1 Å². The number of halogens is 1. The molecule has 0 saturated carbocycles. The van der Waals surface area contributed by atoms with Gasteiger partial charge in [-0.3, -0.25) is 9.59 Å². The van der Waals surface area contributed by atoms with E-state index < -0.39 is 0 Å². The molecular formula is C24H17ClO3. The van der Waals surface area contributed by atoms with Crippen molar-refractivity contribution in [1.29, 1.82) is 0 Å². The van der Waals surface area contributed by atoms with E-state index in [0.29, 0.717) is 27.1 Å². The number of hydrogen-bond acceptors (Lipinski definition) is 3. The third kappa shape index (κ3) is 3.25. The Morgan fingerprint density at radius 1 is 0.857 bits per heavy atom. The van der Waals surface area contributed by atoms with Crippen LogP contribution in [0.2, 0.25) is 5.02 Å². The van der Waals surface area contributed by atoms with Crippen LogP contribution in [0.25, 0.3) is 22.3 Å². The molecule has 1 aromatic heterocycles. The third-order valence-corrected chi connectivity index (χ3v) is 4.95. The standard InChI is InChI=1S/C24H17ClO3/c1-14-3-6-16(7-4-14)22(26)21-23(27)19-12-5-15(2)13-20(19)28-24(21)17-8-10-18(25)11-9-17/h3-13H,1-2H3. The molecular weight excluding hydrogens is 372 g/mol. The normalized spacial score (nSPS) is 11.0. The number of rotatable bonds is 3. The van der Waals surface area contributed by atoms with Crippen molar-refractivity contribution >= 4 is 28.4 Å². The lowest BCUT2D eigenvalue weighted by Crippen LogP contribution is -2.18. The molecule has 1 heterocycles. The molecule has 4 rings (SSSR count). The van der Waals surface area contributed by atoms with Gasteiger partial charge in [-0.1, -0.05) is 47.5 Å². The molecule has 0 fully saturated rings. The predicted octanol–water partition coefficient (Wildman–Crippen LogP) is 5.96. The number of carbonyl (C=O) groups is 1. The van der Waals surface area contributed by atoms with Gasteiger partial charge in [-0.25, -0.2) is 0 Å². The summed E-state index contributed by atoms with van der Waals surface area (Å²) in [5.41, 5.74) is 3.22. The number of aryl methyl sites for hydroxylation is 2. The van der Waals surface area contributed by atoms with E-state index in [9.17, 15) is 9.59 Å². The van der Waals surface area contributed by atoms with Crippen LogP contribution in [-0.4, -0.2) is 5.78 Å². The van der Waals surface area contributed by atoms with E-state index in [4.69, 9.17) is 16.0 Å². The van der Waals surface area contributed by atoms with E-state index in [2.05, 4.69) is 0 Å². The van der Waals surface area contributed by atoms with Gasteiger partial charge in [0.25, 0.3) is 0 Å². The van der Waals surface area contributed by atoms with Crippen molar-refractivity contribution in [1.82, 2.24) is 0 Å². The van der Waals surface area contributed by atoms with Gasteiger partial charge in [0.15, 0.2) is 0 Å². The Labute approximate surface area is 167 Å². The second-order valence-corrected chi connectivity index (χ2v) is 7.27. The van der Waals surface area contributed by atoms with E-state index in [1.54, 1.807) is 48.5 Å². The molecule has 0 unspecified atom stereocenters. The van der Waals surface area contributed by atoms with E-state index in [1.807, 2.05) is 32.0 Å². The first-order valence-electron chi connectivity index (χ1n) is 8.89. The molecule has 3 aromatic carbocycles. The van der Waals surface area contributed by atoms with Gasteiger partial charge in [-0.05, 0) is 55.8 Å². The molecule has 0 aliphatic carbocycles. The Morgan fingerprint density at radius 3 is 2.18 bits per heavy atom. The summed E-state index contributed by atoms with van der Waals surface area (Å²) >= 11 is 6.00. The Balaban J connectivity index is 2.03. The maximum absolute atomic E-state index is 13.3. The maximum Gasteiger partial charge on any atom is 0.204 e. The largest absolute Gasteiger partial charge is 0.455 e. The van der Waals surface area contributed by atoms with Crippen molar-refractivity contribution in [3.05, 3.63) is 104 Å². The fourth-order valence-electron chi connectivity index (χ4n) is 3.16. The molecule has 4 heteroatoms. The fourth-order valence-corrected chi connectivity index (χ4v) is 3.29. The molecule has 28 heavy (non-hydrogen) atoms. The van der Waals surface area contributed by atoms with Crippen molar-refractivity contribution in [2.75, 3.05) is 0 Å². The van der Waals surface area contributed by atoms with Crippen LogP contribution in [0, 0.1) is 13.8 Å². The van der Waals surface area contributed by atoms with Crippen LogP contribution >= 0.6 is 11.6 Å². The molecule has 0 spiro atoms. The van der Waals surface area contributed by atoms with Crippen molar-refractivity contribution < 1.29 is 9.21 Å². The first kappa shape index (κ1) is 18.2. The summed E-state index contributed by atoms with van der Waals surface area (Å²) in [6, 6.07) is 19.4. The van der Waals surface area contributed by atoms with Gasteiger partial charge in [-0.15, -0.1) is 0 Å². The van der Waals surface area contributed by atoms with Crippen molar-refractivity contribution in [3.63, 3.8) is 0 Å². The zero-order valence-electron chi connectivity index (χ0n) is 15.5. The molecule has 0 radical (unpaired) electrons. The molecule has 0 saturated heterocycles. The molecule has 0 aliphatic rings. The monoisotopic (exact) mass is 388 g/mol. The Morgan fingerprint density at radius 2 is 1.50 bits per heavy atom. The number of ketones is 1. The quantitative estimate of drug-likeness (QED) is 0.407. The number of benzene rings is 3. The lowest BCUT2D eigenvalue weighted by molar-refractivity contribution is 0.103. The van der Waals surface area contributed by atoms with Crippen LogP contribution in [0.3, 0.4) is 0 Å². The number of hydrogen-bond donors (Lipinski definition) is 0. The van der Waals surface area contributed by atoms with Gasteiger partial charge in [0.1, 0.15) is 16.9 Å². The minimum atomic E-state index is -0.360. The summed E-state index contributed by atoms with van der Waals surface area (Å²) in [4.78, 5) is 26.5. The van der Waals surface area contributed by atoms with Gasteiger partial charge >= 0.3 is 0 Å². The minimum Gasteiger partial charge on any atom is -0.455 e. The summed E-state index contributed by atoms with van der Waals surface area (Å²) in [6.07, 6.45) is 0. The lowest BCUT2D eigenvalue weighted by Gasteiger charge is -2.10. The lowest BCUT2D eigenvalue weighted by atomic mass is 9.96. The smallest absolute Gasteiger partial charge is 0.204 e. The number of carbonyl (C=O) groups excluding carboxylic acids is 1. The highest BCUT2D eigenvalue weighted by Gasteiger charge is 2.23. The highest BCUT2D eigenvalue weighted by Crippen LogP contribution is 2.29. The van der Waals surface area contributed by atoms with Gasteiger partial charge in [0, 0.05) is 16.1 Å². The summed E-state index contributed by atoms with van der Waals surface area (Å²) in [6.45, 7) is 3.87. The predicted molar refractivity (Wildman–Crippen MR) is 112 cm³/mol. The van der Waals surface area contributed by atoms with Crippen LogP contribution in [-0.2, 0) is 0 Å². The van der Waals surface area contributed by atoms with Gasteiger partial charge in [0.05, 0.1) is 5.39 Å². The fraction of sp³-hybridized carbons (Fsp3) is 0.0833. The zero-order valence-corrected chi connectivity index (χ0v) is 16.2. The SMILES string of the molecule is Cc1ccc(C(=O)c2c(-c3ccc(Cl)cc3)oc3cc(C)ccc3c2=O)cc1. The van der Waals surface area contributed by atoms with Crippen molar-refractivity contribution in [2.24, 2.45) is 0 Å². The van der Waals surface area contributed by atoms with Gasteiger partial charge in [-0.2, -0.15) is 0 Å². The summed E-state index contributed by atoms with van der Waals surface area (Å²) < 4.78 is 6.08. The Bertz CT molecular complexity index is 1250. The van der Waals surface area contributed by atoms with Gasteiger partial charge < -0.3 is 4.42 Å². The third-order valence-electron chi connectivity index (χ3n) is 4.70. The molecule has 0 bridgehead atoms. The molecule has 4 aromatic rings. The summed E-state index contributed by atoms with van der Waals surface area (Å²) in [7, 11) is 0. The van der Waals surface area contributed by atoms with E-state index >= 15 is 0 Å². The highest BCUT2D eigenvalue weighted by atomic mass is 35.5. The molecule has 138 valence electrons. The van der Waals surface area contributed by atoms with Crippen LogP contribution < -0.4 is 5.43 Å². The number of fused-ring (bicyclic) bond motifs is 1. The van der Waals surface area contributed by atoms with Crippen LogP contribution in [0.15, 0.2) is 75.9 Å². The summed E-state index contributed by atoms with van der Waals surface area (Å²) in [5, 5.41) is 0.952. The van der Waals surface area contributed by atoms with E-state index in [-0.39, 0.29) is 22.5 Å². The van der Waals surface area contributed by atoms with E-state index in [1.165, 1.54) is 0 Å². The highest BCUT2D eigenvalue weighted by molar-refractivity contribution is 6.30. The average molecular weight is 389 g/mol. The second-order valence-electron chi connectivity index (χ2n) is 6.84. The maximum atomic E-state index is 13.3. The molecule has 3 nitrogen and oxygen atoms in total. The molecule has 0 N–H and O–H groups in total. The first-order valence-corrected chi connectivity index (χ1v) is 9.26. The van der Waals surface area contributed by atoms with Crippen LogP contribution in [0.5, 0.6) is 0 Å².